The smallest absolute Gasteiger partial charge is 0.244 e. The highest BCUT2D eigenvalue weighted by Crippen LogP contribution is 2.26. The van der Waals surface area contributed by atoms with Crippen molar-refractivity contribution in [3.63, 3.8) is 0 Å². The molecule has 0 aliphatic carbocycles. The van der Waals surface area contributed by atoms with Crippen molar-refractivity contribution in [3.8, 4) is 0 Å². The first-order valence-electron chi connectivity index (χ1n) is 6.57. The van der Waals surface area contributed by atoms with Crippen molar-refractivity contribution in [1.82, 2.24) is 19.8 Å². The van der Waals surface area contributed by atoms with E-state index in [1.807, 2.05) is 0 Å². The Hall–Kier alpha value is -1.64. The van der Waals surface area contributed by atoms with Gasteiger partial charge in [0, 0.05) is 25.4 Å². The van der Waals surface area contributed by atoms with Crippen LogP contribution >= 0.6 is 0 Å². The zero-order chi connectivity index (χ0) is 15.6. The Bertz CT molecular complexity index is 731. The number of nitrogens with zero attached hydrogens (tertiary/aromatic N) is 2. The van der Waals surface area contributed by atoms with Gasteiger partial charge in [-0.25, -0.2) is 13.1 Å². The fourth-order valence-electron chi connectivity index (χ4n) is 2.24. The average molecular weight is 312 g/mol. The van der Waals surface area contributed by atoms with Gasteiger partial charge in [-0.15, -0.1) is 0 Å². The standard InChI is InChI=1S/C13H20N4O3S/c1-9-12(8-14-3)13(10(2)20-9)21(18,19)15-7-11-5-6-17(4)16-11/h5-6,14-15H,7-8H2,1-4H3. The van der Waals surface area contributed by atoms with E-state index in [0.29, 0.717) is 29.3 Å². The van der Waals surface area contributed by atoms with Gasteiger partial charge in [0.1, 0.15) is 16.4 Å². The quantitative estimate of drug-likeness (QED) is 0.824. The molecule has 2 rings (SSSR count). The molecule has 7 nitrogen and oxygen atoms in total. The summed E-state index contributed by atoms with van der Waals surface area (Å²) >= 11 is 0. The summed E-state index contributed by atoms with van der Waals surface area (Å²) in [5.74, 6) is 1.01. The summed E-state index contributed by atoms with van der Waals surface area (Å²) in [6, 6.07) is 1.77. The average Bonchev–Trinajstić information content (AvgIpc) is 2.92. The lowest BCUT2D eigenvalue weighted by Gasteiger charge is -2.07. The first-order valence-corrected chi connectivity index (χ1v) is 8.05. The maximum atomic E-state index is 12.5. The second-order valence-corrected chi connectivity index (χ2v) is 6.56. The Labute approximate surface area is 124 Å². The summed E-state index contributed by atoms with van der Waals surface area (Å²) in [5, 5.41) is 7.11. The summed E-state index contributed by atoms with van der Waals surface area (Å²) < 4.78 is 34.7. The van der Waals surface area contributed by atoms with Gasteiger partial charge in [0.05, 0.1) is 12.2 Å². The Kier molecular flexibility index (Phi) is 4.50. The Morgan fingerprint density at radius 1 is 1.29 bits per heavy atom. The van der Waals surface area contributed by atoms with Crippen LogP contribution in [0.5, 0.6) is 0 Å². The largest absolute Gasteiger partial charge is 0.465 e. The van der Waals surface area contributed by atoms with Crippen LogP contribution < -0.4 is 10.0 Å². The van der Waals surface area contributed by atoms with Crippen LogP contribution in [-0.4, -0.2) is 25.2 Å². The number of rotatable bonds is 6. The molecule has 2 N–H and O–H groups in total. The molecule has 0 saturated carbocycles. The highest BCUT2D eigenvalue weighted by atomic mass is 32.2. The molecule has 21 heavy (non-hydrogen) atoms. The van der Waals surface area contributed by atoms with E-state index >= 15 is 0 Å². The highest BCUT2D eigenvalue weighted by molar-refractivity contribution is 7.89. The zero-order valence-corrected chi connectivity index (χ0v) is 13.4. The predicted molar refractivity (Wildman–Crippen MR) is 78.2 cm³/mol. The minimum Gasteiger partial charge on any atom is -0.465 e. The molecule has 2 aromatic rings. The molecule has 0 aromatic carbocycles. The van der Waals surface area contributed by atoms with Gasteiger partial charge in [-0.2, -0.15) is 5.10 Å². The third-order valence-electron chi connectivity index (χ3n) is 3.16. The molecule has 0 atom stereocenters. The van der Waals surface area contributed by atoms with Gasteiger partial charge in [0.15, 0.2) is 0 Å². The number of sulfonamides is 1. The van der Waals surface area contributed by atoms with Gasteiger partial charge in [0.25, 0.3) is 0 Å². The van der Waals surface area contributed by atoms with Gasteiger partial charge in [-0.1, -0.05) is 0 Å². The van der Waals surface area contributed by atoms with Crippen molar-refractivity contribution in [2.45, 2.75) is 31.8 Å². The number of hydrogen-bond acceptors (Lipinski definition) is 5. The number of aryl methyl sites for hydroxylation is 3. The lowest BCUT2D eigenvalue weighted by atomic mass is 10.2. The molecular weight excluding hydrogens is 292 g/mol. The minimum absolute atomic E-state index is 0.145. The number of furan rings is 1. The third-order valence-corrected chi connectivity index (χ3v) is 4.76. The van der Waals surface area contributed by atoms with Crippen LogP contribution in [0.15, 0.2) is 21.6 Å². The maximum Gasteiger partial charge on any atom is 0.244 e. The van der Waals surface area contributed by atoms with Crippen molar-refractivity contribution >= 4 is 10.0 Å². The van der Waals surface area contributed by atoms with Crippen molar-refractivity contribution in [3.05, 3.63) is 35.0 Å². The molecule has 0 spiro atoms. The van der Waals surface area contributed by atoms with E-state index in [1.165, 1.54) is 0 Å². The molecule has 0 fully saturated rings. The van der Waals surface area contributed by atoms with E-state index in [1.54, 1.807) is 44.9 Å². The third kappa shape index (κ3) is 3.34. The van der Waals surface area contributed by atoms with Crippen molar-refractivity contribution in [1.29, 1.82) is 0 Å². The second kappa shape index (κ2) is 6.00. The van der Waals surface area contributed by atoms with Crippen molar-refractivity contribution < 1.29 is 12.8 Å². The van der Waals surface area contributed by atoms with E-state index in [9.17, 15) is 8.42 Å². The van der Waals surface area contributed by atoms with Crippen molar-refractivity contribution in [2.75, 3.05) is 7.05 Å². The Morgan fingerprint density at radius 2 is 2.00 bits per heavy atom. The van der Waals surface area contributed by atoms with Crippen LogP contribution in [0.2, 0.25) is 0 Å². The molecule has 0 aliphatic rings. The molecule has 0 saturated heterocycles. The molecule has 8 heteroatoms. The molecular formula is C13H20N4O3S. The number of aromatic nitrogens is 2. The Morgan fingerprint density at radius 3 is 2.57 bits per heavy atom. The van der Waals surface area contributed by atoms with E-state index in [2.05, 4.69) is 15.1 Å². The molecule has 0 bridgehead atoms. The van der Waals surface area contributed by atoms with Gasteiger partial charge in [-0.3, -0.25) is 4.68 Å². The first-order chi connectivity index (χ1) is 9.85. The lowest BCUT2D eigenvalue weighted by molar-refractivity contribution is 0.493. The second-order valence-electron chi connectivity index (χ2n) is 4.86. The molecule has 0 unspecified atom stereocenters. The summed E-state index contributed by atoms with van der Waals surface area (Å²) in [6.45, 7) is 3.99. The molecule has 116 valence electrons. The first kappa shape index (κ1) is 15.7. The lowest BCUT2D eigenvalue weighted by Crippen LogP contribution is -2.25. The van der Waals surface area contributed by atoms with Gasteiger partial charge >= 0.3 is 0 Å². The zero-order valence-electron chi connectivity index (χ0n) is 12.6. The summed E-state index contributed by atoms with van der Waals surface area (Å²) in [7, 11) is -0.0972. The molecule has 0 radical (unpaired) electrons. The summed E-state index contributed by atoms with van der Waals surface area (Å²) in [5.41, 5.74) is 1.32. The summed E-state index contributed by atoms with van der Waals surface area (Å²) in [4.78, 5) is 0.213. The van der Waals surface area contributed by atoms with E-state index < -0.39 is 10.0 Å². The molecule has 0 amide bonds. The normalized spacial score (nSPS) is 12.0. The van der Waals surface area contributed by atoms with Gasteiger partial charge in [-0.05, 0) is 27.0 Å². The van der Waals surface area contributed by atoms with Crippen LogP contribution in [0.1, 0.15) is 22.8 Å². The van der Waals surface area contributed by atoms with E-state index in [0.717, 1.165) is 0 Å². The predicted octanol–water partition coefficient (Wildman–Crippen LogP) is 0.828. The van der Waals surface area contributed by atoms with E-state index in [-0.39, 0.29) is 11.4 Å². The summed E-state index contributed by atoms with van der Waals surface area (Å²) in [6.07, 6.45) is 1.77. The van der Waals surface area contributed by atoms with Crippen LogP contribution in [0.3, 0.4) is 0 Å². The molecule has 2 heterocycles. The molecule has 0 aliphatic heterocycles. The topological polar surface area (TPSA) is 89.2 Å². The van der Waals surface area contributed by atoms with E-state index in [4.69, 9.17) is 4.42 Å². The van der Waals surface area contributed by atoms with Crippen molar-refractivity contribution in [2.24, 2.45) is 7.05 Å². The fraction of sp³-hybridized carbons (Fsp3) is 0.462. The minimum atomic E-state index is -3.64. The van der Waals surface area contributed by atoms with Crippen LogP contribution in [0.25, 0.3) is 0 Å². The van der Waals surface area contributed by atoms with Gasteiger partial charge < -0.3 is 9.73 Å². The Balaban J connectivity index is 2.27. The maximum absolute atomic E-state index is 12.5. The molecule has 2 aromatic heterocycles. The fourth-order valence-corrected chi connectivity index (χ4v) is 3.68. The number of nitrogens with one attached hydrogen (secondary N) is 2. The van der Waals surface area contributed by atoms with Gasteiger partial charge in [0.2, 0.25) is 10.0 Å². The SMILES string of the molecule is CNCc1c(C)oc(C)c1S(=O)(=O)NCc1ccn(C)n1. The van der Waals surface area contributed by atoms with Crippen LogP contribution in [0, 0.1) is 13.8 Å². The highest BCUT2D eigenvalue weighted by Gasteiger charge is 2.26. The van der Waals surface area contributed by atoms with Crippen LogP contribution in [0.4, 0.5) is 0 Å². The number of hydrogen-bond donors (Lipinski definition) is 2. The monoisotopic (exact) mass is 312 g/mol. The van der Waals surface area contributed by atoms with Crippen LogP contribution in [-0.2, 0) is 30.2 Å².